The maximum Gasteiger partial charge on any atom is 0.325 e. The third-order valence-electron chi connectivity index (χ3n) is 2.05. The third-order valence-corrected chi connectivity index (χ3v) is 2.05. The molecule has 0 aliphatic rings. The van der Waals surface area contributed by atoms with Crippen molar-refractivity contribution in [2.24, 2.45) is 0 Å². The first-order valence-corrected chi connectivity index (χ1v) is 4.76. The highest BCUT2D eigenvalue weighted by atomic mass is 16.4. The minimum Gasteiger partial charge on any atom is -0.480 e. The Labute approximate surface area is 91.1 Å². The number of hydrogen-bond acceptors (Lipinski definition) is 5. The Kier molecular flexibility index (Phi) is 2.43. The molecule has 1 atom stereocenters. The number of aryl methyl sites for hydroxylation is 1. The molecule has 0 saturated heterocycles. The van der Waals surface area contributed by atoms with Gasteiger partial charge >= 0.3 is 5.97 Å². The molecule has 84 valence electrons. The van der Waals surface area contributed by atoms with Crippen LogP contribution in [0.4, 0.5) is 5.82 Å². The lowest BCUT2D eigenvalue weighted by atomic mass is 10.3. The number of carbonyl (C=O) groups is 1. The molecule has 2 heterocycles. The summed E-state index contributed by atoms with van der Waals surface area (Å²) in [6.07, 6.45) is 0. The molecule has 0 spiro atoms. The fourth-order valence-electron chi connectivity index (χ4n) is 1.25. The maximum atomic E-state index is 10.6. The molecule has 0 amide bonds. The Morgan fingerprint density at radius 3 is 2.94 bits per heavy atom. The lowest BCUT2D eigenvalue weighted by molar-refractivity contribution is -0.137. The number of carboxylic acids is 1. The van der Waals surface area contributed by atoms with E-state index in [4.69, 9.17) is 5.11 Å². The van der Waals surface area contributed by atoms with Crippen molar-refractivity contribution in [2.45, 2.75) is 19.9 Å². The Balaban J connectivity index is 2.28. The van der Waals surface area contributed by atoms with Crippen molar-refractivity contribution in [3.63, 3.8) is 0 Å². The van der Waals surface area contributed by atoms with Crippen LogP contribution in [0.5, 0.6) is 0 Å². The average Bonchev–Trinajstić information content (AvgIpc) is 2.57. The minimum absolute atomic E-state index is 0.451. The van der Waals surface area contributed by atoms with E-state index in [9.17, 15) is 4.79 Å². The van der Waals surface area contributed by atoms with Crippen LogP contribution >= 0.6 is 0 Å². The van der Waals surface area contributed by atoms with Gasteiger partial charge in [0.1, 0.15) is 17.7 Å². The van der Waals surface area contributed by atoms with E-state index >= 15 is 0 Å². The number of nitrogens with zero attached hydrogens (tertiary/aromatic N) is 4. The first kappa shape index (κ1) is 10.3. The second-order valence-electron chi connectivity index (χ2n) is 3.43. The van der Waals surface area contributed by atoms with Crippen molar-refractivity contribution in [1.82, 2.24) is 19.8 Å². The molecule has 7 heteroatoms. The molecule has 2 N–H and O–H groups in total. The van der Waals surface area contributed by atoms with Crippen molar-refractivity contribution in [3.8, 4) is 0 Å². The highest BCUT2D eigenvalue weighted by Crippen LogP contribution is 2.06. The number of aliphatic carboxylic acids is 1. The lowest BCUT2D eigenvalue weighted by Crippen LogP contribution is -2.26. The van der Waals surface area contributed by atoms with E-state index in [-0.39, 0.29) is 0 Å². The standard InChI is InChI=1S/C9H11N5O2/c1-5(9(15)16)10-7-3-4-8-11-6(2)12-14(8)13-7/h3-5H,1-2H3,(H,10,13)(H,15,16)/t5-/m0/s1. The summed E-state index contributed by atoms with van der Waals surface area (Å²) >= 11 is 0. The van der Waals surface area contributed by atoms with Crippen LogP contribution in [-0.4, -0.2) is 36.9 Å². The average molecular weight is 221 g/mol. The summed E-state index contributed by atoms with van der Waals surface area (Å²) in [4.78, 5) is 14.8. The monoisotopic (exact) mass is 221 g/mol. The molecule has 0 bridgehead atoms. The molecule has 0 aliphatic carbocycles. The summed E-state index contributed by atoms with van der Waals surface area (Å²) in [5, 5.41) is 19.6. The number of anilines is 1. The van der Waals surface area contributed by atoms with Gasteiger partial charge in [-0.25, -0.2) is 4.98 Å². The van der Waals surface area contributed by atoms with Crippen LogP contribution in [0.3, 0.4) is 0 Å². The lowest BCUT2D eigenvalue weighted by Gasteiger charge is -2.08. The van der Waals surface area contributed by atoms with Gasteiger partial charge in [-0.2, -0.15) is 0 Å². The van der Waals surface area contributed by atoms with E-state index in [1.54, 1.807) is 26.0 Å². The molecule has 0 fully saturated rings. The summed E-state index contributed by atoms with van der Waals surface area (Å²) in [6.45, 7) is 3.31. The van der Waals surface area contributed by atoms with Crippen molar-refractivity contribution < 1.29 is 9.90 Å². The first-order valence-electron chi connectivity index (χ1n) is 4.76. The van der Waals surface area contributed by atoms with Crippen molar-refractivity contribution in [1.29, 1.82) is 0 Å². The molecule has 2 aromatic rings. The minimum atomic E-state index is -0.934. The van der Waals surface area contributed by atoms with Crippen LogP contribution in [-0.2, 0) is 4.79 Å². The van der Waals surface area contributed by atoms with E-state index in [0.717, 1.165) is 0 Å². The number of hydrogen-bond donors (Lipinski definition) is 2. The predicted octanol–water partition coefficient (Wildman–Crippen LogP) is 0.318. The van der Waals surface area contributed by atoms with Crippen molar-refractivity contribution in [3.05, 3.63) is 18.0 Å². The first-order chi connectivity index (χ1) is 7.56. The number of rotatable bonds is 3. The summed E-state index contributed by atoms with van der Waals surface area (Å²) in [6, 6.07) is 2.70. The third kappa shape index (κ3) is 1.92. The Bertz CT molecular complexity index is 536. The van der Waals surface area contributed by atoms with Gasteiger partial charge in [-0.3, -0.25) is 4.79 Å². The predicted molar refractivity (Wildman–Crippen MR) is 56.2 cm³/mol. The van der Waals surface area contributed by atoms with Crippen LogP contribution in [0.2, 0.25) is 0 Å². The zero-order valence-corrected chi connectivity index (χ0v) is 8.88. The van der Waals surface area contributed by atoms with Gasteiger partial charge in [-0.05, 0) is 26.0 Å². The fraction of sp³-hybridized carbons (Fsp3) is 0.333. The van der Waals surface area contributed by atoms with Gasteiger partial charge in [0.25, 0.3) is 0 Å². The summed E-state index contributed by atoms with van der Waals surface area (Å²) < 4.78 is 1.37. The summed E-state index contributed by atoms with van der Waals surface area (Å²) in [7, 11) is 0. The molecular weight excluding hydrogens is 210 g/mol. The van der Waals surface area contributed by atoms with Crippen LogP contribution in [0.15, 0.2) is 12.1 Å². The van der Waals surface area contributed by atoms with Gasteiger partial charge < -0.3 is 10.4 Å². The van der Waals surface area contributed by atoms with Gasteiger partial charge in [0.2, 0.25) is 0 Å². The largest absolute Gasteiger partial charge is 0.480 e. The summed E-state index contributed by atoms with van der Waals surface area (Å²) in [5.74, 6) is 0.139. The zero-order chi connectivity index (χ0) is 11.7. The highest BCUT2D eigenvalue weighted by molar-refractivity contribution is 5.76. The maximum absolute atomic E-state index is 10.6. The van der Waals surface area contributed by atoms with Crippen molar-refractivity contribution >= 4 is 17.4 Å². The Hall–Kier alpha value is -2.18. The molecule has 2 rings (SSSR count). The van der Waals surface area contributed by atoms with Gasteiger partial charge in [0, 0.05) is 0 Å². The van der Waals surface area contributed by atoms with E-state index < -0.39 is 12.0 Å². The number of carboxylic acid groups (broad SMARTS) is 1. The molecule has 0 saturated carbocycles. The van der Waals surface area contributed by atoms with Crippen molar-refractivity contribution in [2.75, 3.05) is 5.32 Å². The van der Waals surface area contributed by atoms with Gasteiger partial charge in [0.15, 0.2) is 5.65 Å². The van der Waals surface area contributed by atoms with Crippen LogP contribution in [0.1, 0.15) is 12.7 Å². The summed E-state index contributed by atoms with van der Waals surface area (Å²) in [5.41, 5.74) is 0.631. The number of fused-ring (bicyclic) bond motifs is 1. The van der Waals surface area contributed by atoms with Crippen LogP contribution in [0, 0.1) is 6.92 Å². The zero-order valence-electron chi connectivity index (χ0n) is 8.88. The molecule has 0 aliphatic heterocycles. The molecule has 7 nitrogen and oxygen atoms in total. The molecule has 0 aromatic carbocycles. The number of nitrogens with one attached hydrogen (secondary N) is 1. The Morgan fingerprint density at radius 1 is 1.50 bits per heavy atom. The fourth-order valence-corrected chi connectivity index (χ4v) is 1.25. The van der Waals surface area contributed by atoms with Gasteiger partial charge in [-0.1, -0.05) is 0 Å². The quantitative estimate of drug-likeness (QED) is 0.775. The van der Waals surface area contributed by atoms with Crippen LogP contribution < -0.4 is 5.32 Å². The molecule has 2 aromatic heterocycles. The molecular formula is C9H11N5O2. The number of aromatic nitrogens is 4. The topological polar surface area (TPSA) is 92.4 Å². The molecule has 0 unspecified atom stereocenters. The van der Waals surface area contributed by atoms with Gasteiger partial charge in [-0.15, -0.1) is 14.8 Å². The highest BCUT2D eigenvalue weighted by Gasteiger charge is 2.11. The van der Waals surface area contributed by atoms with E-state index in [2.05, 4.69) is 20.5 Å². The van der Waals surface area contributed by atoms with E-state index in [0.29, 0.717) is 17.3 Å². The second-order valence-corrected chi connectivity index (χ2v) is 3.43. The molecule has 0 radical (unpaired) electrons. The normalized spacial score (nSPS) is 12.6. The Morgan fingerprint density at radius 2 is 2.25 bits per heavy atom. The SMILES string of the molecule is Cc1nc2ccc(N[C@@H](C)C(=O)O)nn2n1. The molecule has 16 heavy (non-hydrogen) atoms. The van der Waals surface area contributed by atoms with E-state index in [1.165, 1.54) is 4.63 Å². The van der Waals surface area contributed by atoms with E-state index in [1.807, 2.05) is 0 Å². The van der Waals surface area contributed by atoms with Crippen LogP contribution in [0.25, 0.3) is 5.65 Å². The smallest absolute Gasteiger partial charge is 0.325 e. The van der Waals surface area contributed by atoms with Gasteiger partial charge in [0.05, 0.1) is 0 Å². The second kappa shape index (κ2) is 3.76.